The molecule has 2 atom stereocenters. The van der Waals surface area contributed by atoms with Gasteiger partial charge in [0.1, 0.15) is 5.84 Å². The van der Waals surface area contributed by atoms with Crippen LogP contribution in [0.2, 0.25) is 0 Å². The zero-order valence-corrected chi connectivity index (χ0v) is 29.7. The molecular formula is C49H38N4. The van der Waals surface area contributed by atoms with Crippen molar-refractivity contribution in [1.29, 1.82) is 0 Å². The molecule has 5 aromatic carbocycles. The van der Waals surface area contributed by atoms with Crippen LogP contribution in [0.25, 0.3) is 22.3 Å². The molecule has 0 saturated heterocycles. The molecule has 7 rings (SSSR count). The second-order valence-corrected chi connectivity index (χ2v) is 12.7. The molecular weight excluding hydrogens is 645 g/mol. The Bertz CT molecular complexity index is 2300. The fraction of sp³-hybridized carbons (Fsp3) is 0.0816. The first kappa shape index (κ1) is 34.4. The van der Waals surface area contributed by atoms with Crippen LogP contribution in [0.4, 0.5) is 0 Å². The molecule has 0 radical (unpaired) electrons. The van der Waals surface area contributed by atoms with Crippen LogP contribution in [-0.4, -0.2) is 15.8 Å². The Morgan fingerprint density at radius 2 is 0.887 bits per heavy atom. The number of aliphatic imine (C=N–C) groups is 1. The Morgan fingerprint density at radius 1 is 0.472 bits per heavy atom. The molecule has 0 saturated carbocycles. The molecule has 1 N–H and O–H groups in total. The van der Waals surface area contributed by atoms with Gasteiger partial charge in [0.15, 0.2) is 0 Å². The lowest BCUT2D eigenvalue weighted by molar-refractivity contribution is 0.703. The van der Waals surface area contributed by atoms with E-state index in [1.165, 1.54) is 5.56 Å². The summed E-state index contributed by atoms with van der Waals surface area (Å²) in [5, 5.41) is 3.87. The summed E-state index contributed by atoms with van der Waals surface area (Å²) in [6.07, 6.45) is 7.04. The van der Waals surface area contributed by atoms with Gasteiger partial charge in [0.05, 0.1) is 6.04 Å². The van der Waals surface area contributed by atoms with Gasteiger partial charge in [-0.25, -0.2) is 0 Å². The van der Waals surface area contributed by atoms with Crippen molar-refractivity contribution in [1.82, 2.24) is 15.3 Å². The molecule has 254 valence electrons. The summed E-state index contributed by atoms with van der Waals surface area (Å²) in [6.45, 7) is 4.34. The maximum atomic E-state index is 5.47. The van der Waals surface area contributed by atoms with Crippen LogP contribution < -0.4 is 5.32 Å². The van der Waals surface area contributed by atoms with Crippen LogP contribution in [0.15, 0.2) is 181 Å². The first-order valence-corrected chi connectivity index (χ1v) is 17.7. The van der Waals surface area contributed by atoms with E-state index in [0.29, 0.717) is 0 Å². The molecule has 2 aromatic heterocycles. The summed E-state index contributed by atoms with van der Waals surface area (Å²) in [4.78, 5) is 13.7. The largest absolute Gasteiger partial charge is 0.363 e. The maximum Gasteiger partial charge on any atom is 0.130 e. The van der Waals surface area contributed by atoms with Gasteiger partial charge in [-0.15, -0.1) is 0 Å². The number of aromatic nitrogens is 2. The lowest BCUT2D eigenvalue weighted by atomic mass is 9.89. The lowest BCUT2D eigenvalue weighted by Crippen LogP contribution is -2.29. The first-order chi connectivity index (χ1) is 26.1. The molecule has 0 amide bonds. The Morgan fingerprint density at radius 3 is 1.34 bits per heavy atom. The highest BCUT2D eigenvalue weighted by Crippen LogP contribution is 2.35. The number of nitrogens with zero attached hydrogens (tertiary/aromatic N) is 3. The van der Waals surface area contributed by atoms with Crippen LogP contribution in [0.1, 0.15) is 64.9 Å². The highest BCUT2D eigenvalue weighted by molar-refractivity contribution is 6.10. The van der Waals surface area contributed by atoms with Crippen molar-refractivity contribution in [2.45, 2.75) is 25.9 Å². The van der Waals surface area contributed by atoms with Gasteiger partial charge < -0.3 is 5.32 Å². The molecule has 53 heavy (non-hydrogen) atoms. The van der Waals surface area contributed by atoms with Crippen LogP contribution in [0.3, 0.4) is 0 Å². The van der Waals surface area contributed by atoms with Crippen molar-refractivity contribution in [3.8, 4) is 45.9 Å². The number of rotatable bonds is 7. The second kappa shape index (κ2) is 16.8. The predicted molar refractivity (Wildman–Crippen MR) is 217 cm³/mol. The molecule has 0 aliphatic rings. The van der Waals surface area contributed by atoms with Gasteiger partial charge in [0.2, 0.25) is 0 Å². The average Bonchev–Trinajstić information content (AvgIpc) is 3.23. The van der Waals surface area contributed by atoms with E-state index >= 15 is 0 Å². The van der Waals surface area contributed by atoms with E-state index in [-0.39, 0.29) is 12.1 Å². The fourth-order valence-electron chi connectivity index (χ4n) is 6.12. The van der Waals surface area contributed by atoms with Gasteiger partial charge in [0.25, 0.3) is 0 Å². The highest BCUT2D eigenvalue weighted by Gasteiger charge is 2.21. The Kier molecular flexibility index (Phi) is 10.9. The molecule has 1 unspecified atom stereocenters. The summed E-state index contributed by atoms with van der Waals surface area (Å²) in [5.74, 6) is 13.9. The van der Waals surface area contributed by atoms with Gasteiger partial charge in [0, 0.05) is 58.6 Å². The fourth-order valence-corrected chi connectivity index (χ4v) is 6.12. The molecule has 0 bridgehead atoms. The minimum absolute atomic E-state index is 0.00416. The number of hydrogen-bond donors (Lipinski definition) is 1. The second-order valence-electron chi connectivity index (χ2n) is 12.7. The smallest absolute Gasteiger partial charge is 0.130 e. The van der Waals surface area contributed by atoms with Crippen LogP contribution in [-0.2, 0) is 0 Å². The van der Waals surface area contributed by atoms with Crippen LogP contribution in [0, 0.1) is 23.7 Å². The molecule has 0 fully saturated rings. The Hall–Kier alpha value is -7.01. The molecule has 4 nitrogen and oxygen atoms in total. The Labute approximate surface area is 312 Å². The van der Waals surface area contributed by atoms with Crippen molar-refractivity contribution in [3.05, 3.63) is 215 Å². The van der Waals surface area contributed by atoms with E-state index in [9.17, 15) is 0 Å². The lowest BCUT2D eigenvalue weighted by Gasteiger charge is -2.24. The maximum absolute atomic E-state index is 5.47. The van der Waals surface area contributed by atoms with Gasteiger partial charge in [-0.05, 0) is 95.8 Å². The van der Waals surface area contributed by atoms with Crippen molar-refractivity contribution < 1.29 is 0 Å². The quantitative estimate of drug-likeness (QED) is 0.103. The van der Waals surface area contributed by atoms with Gasteiger partial charge in [-0.3, -0.25) is 15.0 Å². The summed E-state index contributed by atoms with van der Waals surface area (Å²) in [6, 6.07) is 51.9. The molecule has 0 spiro atoms. The number of nitrogens with one attached hydrogen (secondary N) is 1. The first-order valence-electron chi connectivity index (χ1n) is 17.7. The third-order valence-corrected chi connectivity index (χ3v) is 9.01. The number of pyridine rings is 2. The average molecular weight is 683 g/mol. The summed E-state index contributed by atoms with van der Waals surface area (Å²) in [7, 11) is 0. The highest BCUT2D eigenvalue weighted by atomic mass is 15.0. The topological polar surface area (TPSA) is 50.2 Å². The zero-order chi connectivity index (χ0) is 36.2. The van der Waals surface area contributed by atoms with Crippen molar-refractivity contribution in [2.24, 2.45) is 4.99 Å². The van der Waals surface area contributed by atoms with Gasteiger partial charge in [-0.1, -0.05) is 127 Å². The summed E-state index contributed by atoms with van der Waals surface area (Å²) in [5.41, 5.74) is 11.4. The number of benzene rings is 5. The molecule has 2 heterocycles. The minimum atomic E-state index is -0.0979. The number of hydrogen-bond acceptors (Lipinski definition) is 3. The van der Waals surface area contributed by atoms with E-state index in [0.717, 1.165) is 61.5 Å². The van der Waals surface area contributed by atoms with E-state index < -0.39 is 0 Å². The minimum Gasteiger partial charge on any atom is -0.363 e. The Balaban J connectivity index is 1.35. The third kappa shape index (κ3) is 8.84. The van der Waals surface area contributed by atoms with E-state index in [2.05, 4.69) is 168 Å². The summed E-state index contributed by atoms with van der Waals surface area (Å²) >= 11 is 0. The van der Waals surface area contributed by atoms with E-state index in [1.54, 1.807) is 24.8 Å². The van der Waals surface area contributed by atoms with Gasteiger partial charge in [-0.2, -0.15) is 0 Å². The monoisotopic (exact) mass is 682 g/mol. The van der Waals surface area contributed by atoms with Crippen LogP contribution in [0.5, 0.6) is 0 Å². The SMILES string of the molecule is CC(NC(=N[C@H](C)c1ccccc1)c1c(-c2ccc(C#Cc3ccncc3)cc2)cccc1-c1ccc(C#Cc2ccncc2)cc1)c1ccccc1. The normalized spacial score (nSPS) is 12.0. The van der Waals surface area contributed by atoms with E-state index in [4.69, 9.17) is 4.99 Å². The zero-order valence-electron chi connectivity index (χ0n) is 29.7. The number of amidine groups is 1. The molecule has 0 aliphatic heterocycles. The molecule has 4 heteroatoms. The molecule has 0 aliphatic carbocycles. The van der Waals surface area contributed by atoms with E-state index in [1.807, 2.05) is 36.4 Å². The third-order valence-electron chi connectivity index (χ3n) is 9.01. The van der Waals surface area contributed by atoms with Gasteiger partial charge >= 0.3 is 0 Å². The summed E-state index contributed by atoms with van der Waals surface area (Å²) < 4.78 is 0. The standard InChI is InChI=1S/C49H38N4/c1-36(42-10-5-3-6-11-42)52-49(53-37(2)43-12-7-4-8-13-43)48-46(44-24-20-38(21-25-44)16-18-40-28-32-50-33-29-40)14-9-15-47(48)45-26-22-39(23-27-45)17-19-41-30-34-51-35-31-41/h3-15,20-37H,1-2H3,(H,52,53)/t36-,37?/m1/s1. The van der Waals surface area contributed by atoms with Crippen LogP contribution >= 0.6 is 0 Å². The predicted octanol–water partition coefficient (Wildman–Crippen LogP) is 10.5. The van der Waals surface area contributed by atoms with Crippen molar-refractivity contribution >= 4 is 5.84 Å². The van der Waals surface area contributed by atoms with Crippen molar-refractivity contribution in [2.75, 3.05) is 0 Å². The molecule has 7 aromatic rings. The van der Waals surface area contributed by atoms with Crippen molar-refractivity contribution in [3.63, 3.8) is 0 Å².